The van der Waals surface area contributed by atoms with Crippen molar-refractivity contribution in [2.75, 3.05) is 0 Å². The Bertz CT molecular complexity index is 864. The lowest BCUT2D eigenvalue weighted by Gasteiger charge is -2.40. The van der Waals surface area contributed by atoms with Crippen molar-refractivity contribution in [2.24, 2.45) is 5.41 Å². The molecule has 1 fully saturated rings. The zero-order valence-electron chi connectivity index (χ0n) is 17.5. The Morgan fingerprint density at radius 2 is 1.11 bits per heavy atom. The highest BCUT2D eigenvalue weighted by Crippen LogP contribution is 2.39. The number of esters is 2. The van der Waals surface area contributed by atoms with E-state index in [1.54, 1.807) is 13.8 Å². The van der Waals surface area contributed by atoms with Gasteiger partial charge >= 0.3 is 11.9 Å². The molecule has 4 nitrogen and oxygen atoms in total. The molecule has 0 saturated carbocycles. The lowest BCUT2D eigenvalue weighted by Crippen LogP contribution is -2.56. The number of ether oxygens (including phenoxy) is 2. The van der Waals surface area contributed by atoms with Crippen LogP contribution in [-0.2, 0) is 31.9 Å². The van der Waals surface area contributed by atoms with E-state index in [2.05, 4.69) is 0 Å². The molecule has 0 aromatic heterocycles. The van der Waals surface area contributed by atoms with Crippen molar-refractivity contribution in [2.45, 2.75) is 60.2 Å². The van der Waals surface area contributed by atoms with Crippen LogP contribution in [0.4, 0.5) is 0 Å². The summed E-state index contributed by atoms with van der Waals surface area (Å²) in [4.78, 5) is 26.4. The lowest BCUT2D eigenvalue weighted by atomic mass is 9.74. The zero-order chi connectivity index (χ0) is 20.7. The van der Waals surface area contributed by atoms with E-state index in [-0.39, 0.29) is 12.8 Å². The first-order valence-corrected chi connectivity index (χ1v) is 9.62. The maximum atomic E-state index is 13.2. The maximum Gasteiger partial charge on any atom is 0.327 e. The molecule has 2 aromatic carbocycles. The molecule has 2 aromatic rings. The zero-order valence-corrected chi connectivity index (χ0v) is 17.5. The molecule has 1 aliphatic heterocycles. The van der Waals surface area contributed by atoms with Gasteiger partial charge in [-0.05, 0) is 62.8 Å². The van der Waals surface area contributed by atoms with Gasteiger partial charge in [-0.2, -0.15) is 0 Å². The molecule has 4 heteroatoms. The van der Waals surface area contributed by atoms with Crippen LogP contribution in [0.5, 0.6) is 0 Å². The topological polar surface area (TPSA) is 52.6 Å². The van der Waals surface area contributed by atoms with Gasteiger partial charge in [0, 0.05) is 13.8 Å². The van der Waals surface area contributed by atoms with Crippen molar-refractivity contribution >= 4 is 11.9 Å². The van der Waals surface area contributed by atoms with E-state index < -0.39 is 23.1 Å². The maximum absolute atomic E-state index is 13.2. The molecular weight excluding hydrogens is 352 g/mol. The van der Waals surface area contributed by atoms with Crippen LogP contribution >= 0.6 is 0 Å². The molecule has 0 unspecified atom stereocenters. The van der Waals surface area contributed by atoms with E-state index >= 15 is 0 Å². The molecule has 148 valence electrons. The van der Waals surface area contributed by atoms with Gasteiger partial charge in [0.1, 0.15) is 0 Å². The second kappa shape index (κ2) is 7.08. The summed E-state index contributed by atoms with van der Waals surface area (Å²) in [7, 11) is 0. The average Bonchev–Trinajstić information content (AvgIpc) is 2.58. The van der Waals surface area contributed by atoms with Crippen molar-refractivity contribution in [3.8, 4) is 0 Å². The summed E-state index contributed by atoms with van der Waals surface area (Å²) in [5.41, 5.74) is 4.76. The van der Waals surface area contributed by atoms with Crippen molar-refractivity contribution in [3.05, 3.63) is 69.8 Å². The van der Waals surface area contributed by atoms with E-state index in [9.17, 15) is 9.59 Å². The summed E-state index contributed by atoms with van der Waals surface area (Å²) >= 11 is 0. The number of carbonyl (C=O) groups is 2. The van der Waals surface area contributed by atoms with E-state index in [0.717, 1.165) is 33.4 Å². The minimum Gasteiger partial charge on any atom is -0.422 e. The summed E-state index contributed by atoms with van der Waals surface area (Å²) in [6.07, 6.45) is 0.503. The summed E-state index contributed by atoms with van der Waals surface area (Å²) in [5, 5.41) is 0. The SMILES string of the molecule is Cc1ccc(C)c(CC2(Cc3cc(C)ccc3C)C(=O)OC(C)(C)OC2=O)c1. The fraction of sp³-hybridized carbons (Fsp3) is 0.417. The third-order valence-corrected chi connectivity index (χ3v) is 5.45. The summed E-state index contributed by atoms with van der Waals surface area (Å²) in [6, 6.07) is 12.1. The molecule has 1 saturated heterocycles. The third kappa shape index (κ3) is 3.82. The Labute approximate surface area is 166 Å². The minimum absolute atomic E-state index is 0.252. The molecule has 1 heterocycles. The Morgan fingerprint density at radius 1 is 0.714 bits per heavy atom. The number of hydrogen-bond acceptors (Lipinski definition) is 4. The molecule has 0 amide bonds. The van der Waals surface area contributed by atoms with Crippen LogP contribution in [0, 0.1) is 33.1 Å². The van der Waals surface area contributed by atoms with Crippen molar-refractivity contribution in [1.29, 1.82) is 0 Å². The molecule has 3 rings (SSSR count). The van der Waals surface area contributed by atoms with Gasteiger partial charge < -0.3 is 9.47 Å². The summed E-state index contributed by atoms with van der Waals surface area (Å²) in [6.45, 7) is 11.2. The van der Waals surface area contributed by atoms with Crippen molar-refractivity contribution in [3.63, 3.8) is 0 Å². The van der Waals surface area contributed by atoms with E-state index in [4.69, 9.17) is 9.47 Å². The van der Waals surface area contributed by atoms with E-state index in [1.807, 2.05) is 64.1 Å². The van der Waals surface area contributed by atoms with Crippen LogP contribution in [0.25, 0.3) is 0 Å². The molecule has 1 aliphatic rings. The van der Waals surface area contributed by atoms with Gasteiger partial charge in [-0.1, -0.05) is 47.5 Å². The Kier molecular flexibility index (Phi) is 5.09. The largest absolute Gasteiger partial charge is 0.422 e. The number of carbonyl (C=O) groups excluding carboxylic acids is 2. The second-order valence-corrected chi connectivity index (χ2v) is 8.47. The molecule has 0 spiro atoms. The van der Waals surface area contributed by atoms with Gasteiger partial charge in [0.2, 0.25) is 0 Å². The van der Waals surface area contributed by atoms with Gasteiger partial charge in [-0.15, -0.1) is 0 Å². The fourth-order valence-corrected chi connectivity index (χ4v) is 3.73. The molecule has 28 heavy (non-hydrogen) atoms. The van der Waals surface area contributed by atoms with Crippen LogP contribution in [-0.4, -0.2) is 17.7 Å². The average molecular weight is 380 g/mol. The first kappa shape index (κ1) is 20.1. The smallest absolute Gasteiger partial charge is 0.327 e. The number of aryl methyl sites for hydroxylation is 4. The summed E-state index contributed by atoms with van der Waals surface area (Å²) in [5.74, 6) is -2.29. The first-order valence-electron chi connectivity index (χ1n) is 9.62. The number of rotatable bonds is 4. The highest BCUT2D eigenvalue weighted by Gasteiger charge is 2.56. The number of benzene rings is 2. The second-order valence-electron chi connectivity index (χ2n) is 8.47. The standard InChI is InChI=1S/C24H28O4/c1-15-7-9-17(3)19(11-15)13-24(14-20-12-16(2)8-10-18(20)4)21(25)27-23(5,6)28-22(24)26/h7-12H,13-14H2,1-6H3. The summed E-state index contributed by atoms with van der Waals surface area (Å²) < 4.78 is 11.1. The normalized spacial score (nSPS) is 17.8. The van der Waals surface area contributed by atoms with Gasteiger partial charge in [0.15, 0.2) is 5.41 Å². The molecule has 0 aliphatic carbocycles. The lowest BCUT2D eigenvalue weighted by molar-refractivity contribution is -0.251. The van der Waals surface area contributed by atoms with Gasteiger partial charge in [0.05, 0.1) is 0 Å². The Balaban J connectivity index is 2.11. The highest BCUT2D eigenvalue weighted by atomic mass is 16.7. The van der Waals surface area contributed by atoms with Crippen molar-refractivity contribution in [1.82, 2.24) is 0 Å². The van der Waals surface area contributed by atoms with Gasteiger partial charge in [-0.25, -0.2) is 0 Å². The number of hydrogen-bond donors (Lipinski definition) is 0. The Morgan fingerprint density at radius 3 is 1.50 bits per heavy atom. The Hall–Kier alpha value is -2.62. The number of cyclic esters (lactones) is 2. The first-order chi connectivity index (χ1) is 13.0. The molecule has 0 bridgehead atoms. The fourth-order valence-electron chi connectivity index (χ4n) is 3.73. The quantitative estimate of drug-likeness (QED) is 0.578. The van der Waals surface area contributed by atoms with Crippen LogP contribution < -0.4 is 0 Å². The van der Waals surface area contributed by atoms with E-state index in [0.29, 0.717) is 0 Å². The predicted octanol–water partition coefficient (Wildman–Crippen LogP) is 4.53. The molecule has 0 radical (unpaired) electrons. The monoisotopic (exact) mass is 380 g/mol. The minimum atomic E-state index is -1.40. The van der Waals surface area contributed by atoms with Gasteiger partial charge in [0.25, 0.3) is 5.79 Å². The molecule has 0 atom stereocenters. The van der Waals surface area contributed by atoms with Crippen LogP contribution in [0.1, 0.15) is 47.2 Å². The van der Waals surface area contributed by atoms with Gasteiger partial charge in [-0.3, -0.25) is 9.59 Å². The molecular formula is C24H28O4. The third-order valence-electron chi connectivity index (χ3n) is 5.45. The van der Waals surface area contributed by atoms with E-state index in [1.165, 1.54) is 0 Å². The van der Waals surface area contributed by atoms with Crippen LogP contribution in [0.2, 0.25) is 0 Å². The van der Waals surface area contributed by atoms with Crippen molar-refractivity contribution < 1.29 is 19.1 Å². The van der Waals surface area contributed by atoms with Crippen LogP contribution in [0.3, 0.4) is 0 Å². The molecule has 0 N–H and O–H groups in total. The highest BCUT2D eigenvalue weighted by molar-refractivity contribution is 6.02. The predicted molar refractivity (Wildman–Crippen MR) is 108 cm³/mol. The van der Waals surface area contributed by atoms with Crippen LogP contribution in [0.15, 0.2) is 36.4 Å².